The molecule has 0 radical (unpaired) electrons. The summed E-state index contributed by atoms with van der Waals surface area (Å²) < 4.78 is 64.7. The molecule has 0 atom stereocenters. The Morgan fingerprint density at radius 3 is 2.37 bits per heavy atom. The fourth-order valence-corrected chi connectivity index (χ4v) is 3.45. The Kier molecular flexibility index (Phi) is 3.48. The third kappa shape index (κ3) is 2.84. The molecule has 2 N–H and O–H groups in total. The third-order valence-electron chi connectivity index (χ3n) is 3.03. The molecule has 1 saturated heterocycles. The molecular weight excluding hydrogens is 281 g/mol. The number of nitrogens with zero attached hydrogens (tertiary/aromatic N) is 1. The van der Waals surface area contributed by atoms with Crippen LogP contribution in [0.2, 0.25) is 0 Å². The fraction of sp³-hybridized carbons (Fsp3) is 0.455. The van der Waals surface area contributed by atoms with E-state index in [0.29, 0.717) is 0 Å². The van der Waals surface area contributed by atoms with E-state index in [1.807, 2.05) is 0 Å². The second-order valence-electron chi connectivity index (χ2n) is 4.45. The van der Waals surface area contributed by atoms with Gasteiger partial charge in [-0.2, -0.15) is 4.31 Å². The molecule has 0 spiro atoms. The van der Waals surface area contributed by atoms with E-state index < -0.39 is 39.5 Å². The van der Waals surface area contributed by atoms with Crippen molar-refractivity contribution in [1.82, 2.24) is 4.31 Å². The van der Waals surface area contributed by atoms with Crippen LogP contribution < -0.4 is 5.73 Å². The van der Waals surface area contributed by atoms with Gasteiger partial charge in [0.05, 0.1) is 0 Å². The minimum atomic E-state index is -4.12. The summed E-state index contributed by atoms with van der Waals surface area (Å²) in [6.07, 6.45) is -1.12. The molecule has 1 aromatic carbocycles. The predicted molar refractivity (Wildman–Crippen MR) is 63.8 cm³/mol. The fourth-order valence-electron chi connectivity index (χ4n) is 1.91. The summed E-state index contributed by atoms with van der Waals surface area (Å²) in [7, 11) is -4.12. The van der Waals surface area contributed by atoms with Crippen molar-refractivity contribution in [3.8, 4) is 0 Å². The van der Waals surface area contributed by atoms with Gasteiger partial charge in [-0.3, -0.25) is 0 Å². The summed E-state index contributed by atoms with van der Waals surface area (Å²) in [6, 6.07) is 3.18. The lowest BCUT2D eigenvalue weighted by Crippen LogP contribution is -2.42. The molecule has 0 aliphatic carbocycles. The van der Waals surface area contributed by atoms with Crippen LogP contribution in [-0.2, 0) is 10.0 Å². The minimum Gasteiger partial charge on any atom is -0.399 e. The second kappa shape index (κ2) is 4.68. The van der Waals surface area contributed by atoms with E-state index in [1.165, 1.54) is 6.07 Å². The Bertz CT molecular complexity index is 580. The van der Waals surface area contributed by atoms with Crippen molar-refractivity contribution >= 4 is 15.7 Å². The molecule has 1 fully saturated rings. The van der Waals surface area contributed by atoms with Crippen LogP contribution in [0, 0.1) is 5.82 Å². The lowest BCUT2D eigenvalue weighted by Gasteiger charge is -2.30. The average molecular weight is 294 g/mol. The summed E-state index contributed by atoms with van der Waals surface area (Å²) in [4.78, 5) is -0.572. The number of anilines is 1. The van der Waals surface area contributed by atoms with Crippen LogP contribution in [0.15, 0.2) is 23.1 Å². The number of sulfonamides is 1. The molecule has 1 aliphatic heterocycles. The molecule has 4 nitrogen and oxygen atoms in total. The number of alkyl halides is 2. The van der Waals surface area contributed by atoms with Crippen molar-refractivity contribution in [2.24, 2.45) is 0 Å². The standard InChI is InChI=1S/C11H13F3N2O2S/c12-9-2-1-8(15)7-10(9)19(17,18)16-5-3-11(13,14)4-6-16/h1-2,7H,3-6,15H2. The monoisotopic (exact) mass is 294 g/mol. The number of hydrogen-bond acceptors (Lipinski definition) is 3. The highest BCUT2D eigenvalue weighted by Crippen LogP contribution is 2.31. The summed E-state index contributed by atoms with van der Waals surface area (Å²) >= 11 is 0. The van der Waals surface area contributed by atoms with Gasteiger partial charge in [-0.25, -0.2) is 21.6 Å². The highest BCUT2D eigenvalue weighted by molar-refractivity contribution is 7.89. The maximum atomic E-state index is 13.6. The van der Waals surface area contributed by atoms with Crippen molar-refractivity contribution in [1.29, 1.82) is 0 Å². The first-order valence-electron chi connectivity index (χ1n) is 5.65. The first kappa shape index (κ1) is 14.1. The van der Waals surface area contributed by atoms with E-state index in [0.717, 1.165) is 16.4 Å². The van der Waals surface area contributed by atoms with E-state index in [-0.39, 0.29) is 18.8 Å². The summed E-state index contributed by atoms with van der Waals surface area (Å²) in [5, 5.41) is 0. The normalized spacial score (nSPS) is 20.4. The first-order valence-corrected chi connectivity index (χ1v) is 7.09. The van der Waals surface area contributed by atoms with Gasteiger partial charge in [0.15, 0.2) is 0 Å². The van der Waals surface area contributed by atoms with E-state index >= 15 is 0 Å². The molecule has 0 amide bonds. The number of nitrogen functional groups attached to an aromatic ring is 1. The van der Waals surface area contributed by atoms with Crippen LogP contribution in [0.25, 0.3) is 0 Å². The quantitative estimate of drug-likeness (QED) is 0.846. The molecule has 19 heavy (non-hydrogen) atoms. The van der Waals surface area contributed by atoms with E-state index in [9.17, 15) is 21.6 Å². The first-order chi connectivity index (χ1) is 8.72. The van der Waals surface area contributed by atoms with Crippen LogP contribution in [-0.4, -0.2) is 31.7 Å². The lowest BCUT2D eigenvalue weighted by atomic mass is 10.1. The van der Waals surface area contributed by atoms with Gasteiger partial charge >= 0.3 is 0 Å². The predicted octanol–water partition coefficient (Wildman–Crippen LogP) is 1.83. The van der Waals surface area contributed by atoms with Gasteiger partial charge in [0.2, 0.25) is 10.0 Å². The van der Waals surface area contributed by atoms with E-state index in [1.54, 1.807) is 0 Å². The summed E-state index contributed by atoms with van der Waals surface area (Å²) in [5.41, 5.74) is 5.53. The SMILES string of the molecule is Nc1ccc(F)c(S(=O)(=O)N2CCC(F)(F)CC2)c1. The molecule has 1 aliphatic rings. The topological polar surface area (TPSA) is 63.4 Å². The van der Waals surface area contributed by atoms with Crippen molar-refractivity contribution in [3.05, 3.63) is 24.0 Å². The highest BCUT2D eigenvalue weighted by atomic mass is 32.2. The maximum absolute atomic E-state index is 13.6. The molecule has 1 aromatic rings. The van der Waals surface area contributed by atoms with Gasteiger partial charge in [-0.1, -0.05) is 0 Å². The van der Waals surface area contributed by atoms with Gasteiger partial charge in [-0.05, 0) is 18.2 Å². The summed E-state index contributed by atoms with van der Waals surface area (Å²) in [6.45, 7) is -0.660. The van der Waals surface area contributed by atoms with E-state index in [2.05, 4.69) is 0 Å². The van der Waals surface area contributed by atoms with Crippen molar-refractivity contribution < 1.29 is 21.6 Å². The Balaban J connectivity index is 2.31. The van der Waals surface area contributed by atoms with Gasteiger partial charge in [-0.15, -0.1) is 0 Å². The van der Waals surface area contributed by atoms with Gasteiger partial charge in [0, 0.05) is 31.6 Å². The second-order valence-corrected chi connectivity index (χ2v) is 6.36. The Morgan fingerprint density at radius 2 is 1.79 bits per heavy atom. The lowest BCUT2D eigenvalue weighted by molar-refractivity contribution is -0.0412. The van der Waals surface area contributed by atoms with Crippen LogP contribution in [0.3, 0.4) is 0 Å². The van der Waals surface area contributed by atoms with Crippen LogP contribution in [0.5, 0.6) is 0 Å². The average Bonchev–Trinajstić information content (AvgIpc) is 2.31. The molecule has 0 saturated carbocycles. The zero-order valence-corrected chi connectivity index (χ0v) is 10.8. The third-order valence-corrected chi connectivity index (χ3v) is 4.94. The number of halogens is 3. The van der Waals surface area contributed by atoms with Crippen molar-refractivity contribution in [3.63, 3.8) is 0 Å². The highest BCUT2D eigenvalue weighted by Gasteiger charge is 2.39. The van der Waals surface area contributed by atoms with Crippen molar-refractivity contribution in [2.75, 3.05) is 18.8 Å². The summed E-state index contributed by atoms with van der Waals surface area (Å²) in [5.74, 6) is -3.80. The van der Waals surface area contributed by atoms with Gasteiger partial charge < -0.3 is 5.73 Å². The molecule has 8 heteroatoms. The van der Waals surface area contributed by atoms with Crippen LogP contribution in [0.1, 0.15) is 12.8 Å². The molecule has 1 heterocycles. The molecular formula is C11H13F3N2O2S. The van der Waals surface area contributed by atoms with Crippen LogP contribution >= 0.6 is 0 Å². The zero-order valence-electron chi connectivity index (χ0n) is 9.94. The molecule has 106 valence electrons. The Hall–Kier alpha value is -1.28. The Labute approximate surface area is 109 Å². The number of piperidine rings is 1. The van der Waals surface area contributed by atoms with Crippen molar-refractivity contribution in [2.45, 2.75) is 23.7 Å². The molecule has 0 unspecified atom stereocenters. The molecule has 0 aromatic heterocycles. The number of nitrogens with two attached hydrogens (primary N) is 1. The Morgan fingerprint density at radius 1 is 1.21 bits per heavy atom. The molecule has 0 bridgehead atoms. The molecule has 2 rings (SSSR count). The van der Waals surface area contributed by atoms with E-state index in [4.69, 9.17) is 5.73 Å². The van der Waals surface area contributed by atoms with Crippen LogP contribution in [0.4, 0.5) is 18.9 Å². The number of rotatable bonds is 2. The smallest absolute Gasteiger partial charge is 0.250 e. The zero-order chi connectivity index (χ0) is 14.3. The number of hydrogen-bond donors (Lipinski definition) is 1. The number of benzene rings is 1. The minimum absolute atomic E-state index is 0.0994. The van der Waals surface area contributed by atoms with Gasteiger partial charge in [0.1, 0.15) is 10.7 Å². The largest absolute Gasteiger partial charge is 0.399 e. The van der Waals surface area contributed by atoms with Gasteiger partial charge in [0.25, 0.3) is 5.92 Å². The maximum Gasteiger partial charge on any atom is 0.250 e.